The van der Waals surface area contributed by atoms with E-state index in [1.165, 1.54) is 11.3 Å². The molecule has 2 N–H and O–H groups in total. The van der Waals surface area contributed by atoms with Crippen molar-refractivity contribution in [3.05, 3.63) is 50.6 Å². The molecule has 2 aliphatic heterocycles. The Kier molecular flexibility index (Phi) is 4.54. The van der Waals surface area contributed by atoms with Crippen molar-refractivity contribution in [3.63, 3.8) is 0 Å². The number of carbonyl (C=O) groups is 3. The second kappa shape index (κ2) is 6.85. The number of rotatable bonds is 2. The van der Waals surface area contributed by atoms with E-state index >= 15 is 0 Å². The van der Waals surface area contributed by atoms with Gasteiger partial charge in [-0.3, -0.25) is 14.4 Å². The fourth-order valence-electron chi connectivity index (χ4n) is 3.43. The van der Waals surface area contributed by atoms with Crippen LogP contribution in [0.5, 0.6) is 0 Å². The van der Waals surface area contributed by atoms with E-state index in [1.807, 2.05) is 11.4 Å². The molecule has 0 radical (unpaired) electrons. The number of halogens is 1. The Balaban J connectivity index is 1.54. The van der Waals surface area contributed by atoms with Crippen LogP contribution in [-0.2, 0) is 4.79 Å². The molecule has 2 aromatic rings. The van der Waals surface area contributed by atoms with Gasteiger partial charge in [0.25, 0.3) is 11.8 Å². The summed E-state index contributed by atoms with van der Waals surface area (Å²) in [4.78, 5) is 40.1. The average molecular weight is 434 g/mol. The van der Waals surface area contributed by atoms with Crippen LogP contribution < -0.4 is 10.6 Å². The average Bonchev–Trinajstić information content (AvgIpc) is 3.14. The number of benzene rings is 1. The number of nitrogens with one attached hydrogen (secondary N) is 2. The number of amides is 3. The standard InChI is InChI=1S/C18H16BrN3O3S/c19-10-3-4-13-12(8-10)18(25)22-6-5-11(9-14(22)16(23)21-13)20-17(24)15-2-1-7-26-15/h1-4,7-8,11,14H,5-6,9H2,(H,20,24)(H,21,23). The summed E-state index contributed by atoms with van der Waals surface area (Å²) in [6, 6.07) is 8.11. The molecule has 2 aliphatic rings. The predicted molar refractivity (Wildman–Crippen MR) is 102 cm³/mol. The zero-order valence-corrected chi connectivity index (χ0v) is 16.1. The number of piperidine rings is 1. The number of carbonyl (C=O) groups excluding carboxylic acids is 3. The normalized spacial score (nSPS) is 22.1. The summed E-state index contributed by atoms with van der Waals surface area (Å²) < 4.78 is 0.787. The Hall–Kier alpha value is -2.19. The number of hydrogen-bond donors (Lipinski definition) is 2. The quantitative estimate of drug-likeness (QED) is 0.763. The number of nitrogens with zero attached hydrogens (tertiary/aromatic N) is 1. The van der Waals surface area contributed by atoms with Gasteiger partial charge in [0, 0.05) is 17.1 Å². The highest BCUT2D eigenvalue weighted by Gasteiger charge is 2.40. The van der Waals surface area contributed by atoms with E-state index < -0.39 is 6.04 Å². The topological polar surface area (TPSA) is 78.5 Å². The Morgan fingerprint density at radius 2 is 2.15 bits per heavy atom. The van der Waals surface area contributed by atoms with Crippen LogP contribution in [0.25, 0.3) is 0 Å². The number of anilines is 1. The van der Waals surface area contributed by atoms with E-state index in [1.54, 1.807) is 29.2 Å². The van der Waals surface area contributed by atoms with Gasteiger partial charge in [-0.1, -0.05) is 22.0 Å². The van der Waals surface area contributed by atoms with Crippen molar-refractivity contribution >= 4 is 50.7 Å². The molecular weight excluding hydrogens is 418 g/mol. The van der Waals surface area contributed by atoms with Crippen LogP contribution in [0.4, 0.5) is 5.69 Å². The van der Waals surface area contributed by atoms with Crippen LogP contribution in [0.2, 0.25) is 0 Å². The van der Waals surface area contributed by atoms with Crippen LogP contribution in [0, 0.1) is 0 Å². The second-order valence-electron chi connectivity index (χ2n) is 6.37. The zero-order valence-electron chi connectivity index (χ0n) is 13.7. The highest BCUT2D eigenvalue weighted by atomic mass is 79.9. The molecule has 3 amide bonds. The van der Waals surface area contributed by atoms with Gasteiger partial charge in [0.2, 0.25) is 5.91 Å². The monoisotopic (exact) mass is 433 g/mol. The molecule has 2 atom stereocenters. The third kappa shape index (κ3) is 3.14. The van der Waals surface area contributed by atoms with Crippen molar-refractivity contribution in [1.82, 2.24) is 10.2 Å². The summed E-state index contributed by atoms with van der Waals surface area (Å²) in [5.41, 5.74) is 1.01. The first kappa shape index (κ1) is 17.2. The molecule has 6 nitrogen and oxygen atoms in total. The molecule has 3 heterocycles. The van der Waals surface area contributed by atoms with Gasteiger partial charge in [0.05, 0.1) is 16.1 Å². The first-order valence-corrected chi connectivity index (χ1v) is 9.96. The molecule has 0 bridgehead atoms. The Bertz CT molecular complexity index is 884. The lowest BCUT2D eigenvalue weighted by Crippen LogP contribution is -2.54. The van der Waals surface area contributed by atoms with E-state index in [0.717, 1.165) is 4.47 Å². The molecule has 1 saturated heterocycles. The third-order valence-corrected chi connectivity index (χ3v) is 6.08. The highest BCUT2D eigenvalue weighted by Crippen LogP contribution is 2.30. The molecule has 4 rings (SSSR count). The minimum Gasteiger partial charge on any atom is -0.348 e. The molecule has 0 saturated carbocycles. The van der Waals surface area contributed by atoms with Gasteiger partial charge in [0.1, 0.15) is 6.04 Å². The van der Waals surface area contributed by atoms with Crippen molar-refractivity contribution in [3.8, 4) is 0 Å². The van der Waals surface area contributed by atoms with E-state index in [-0.39, 0.29) is 23.8 Å². The summed E-state index contributed by atoms with van der Waals surface area (Å²) in [6.45, 7) is 0.429. The van der Waals surface area contributed by atoms with E-state index in [9.17, 15) is 14.4 Å². The first-order valence-electron chi connectivity index (χ1n) is 8.28. The predicted octanol–water partition coefficient (Wildman–Crippen LogP) is 2.87. The zero-order chi connectivity index (χ0) is 18.3. The van der Waals surface area contributed by atoms with Gasteiger partial charge >= 0.3 is 0 Å². The van der Waals surface area contributed by atoms with Crippen molar-refractivity contribution < 1.29 is 14.4 Å². The van der Waals surface area contributed by atoms with Crippen molar-refractivity contribution in [2.75, 3.05) is 11.9 Å². The van der Waals surface area contributed by atoms with Gasteiger partial charge in [-0.15, -0.1) is 11.3 Å². The Labute approximate surface area is 162 Å². The Morgan fingerprint density at radius 3 is 2.92 bits per heavy atom. The smallest absolute Gasteiger partial charge is 0.261 e. The first-order chi connectivity index (χ1) is 12.5. The van der Waals surface area contributed by atoms with Crippen LogP contribution in [-0.4, -0.2) is 41.2 Å². The maximum absolute atomic E-state index is 12.9. The molecule has 8 heteroatoms. The van der Waals surface area contributed by atoms with Gasteiger partial charge in [0.15, 0.2) is 0 Å². The fraction of sp³-hybridized carbons (Fsp3) is 0.278. The van der Waals surface area contributed by atoms with Crippen molar-refractivity contribution in [2.45, 2.75) is 24.9 Å². The van der Waals surface area contributed by atoms with Gasteiger partial charge in [-0.25, -0.2) is 0 Å². The molecule has 0 spiro atoms. The summed E-state index contributed by atoms with van der Waals surface area (Å²) in [5.74, 6) is -0.506. The summed E-state index contributed by atoms with van der Waals surface area (Å²) in [6.07, 6.45) is 1.03. The number of fused-ring (bicyclic) bond motifs is 2. The van der Waals surface area contributed by atoms with Crippen LogP contribution in [0.3, 0.4) is 0 Å². The highest BCUT2D eigenvalue weighted by molar-refractivity contribution is 9.10. The Morgan fingerprint density at radius 1 is 1.31 bits per heavy atom. The third-order valence-electron chi connectivity index (χ3n) is 4.72. The second-order valence-corrected chi connectivity index (χ2v) is 8.23. The van der Waals surface area contributed by atoms with Crippen LogP contribution >= 0.6 is 27.3 Å². The lowest BCUT2D eigenvalue weighted by molar-refractivity contribution is -0.121. The molecule has 134 valence electrons. The maximum atomic E-state index is 12.9. The molecular formula is C18H16BrN3O3S. The maximum Gasteiger partial charge on any atom is 0.261 e. The van der Waals surface area contributed by atoms with Crippen molar-refractivity contribution in [2.24, 2.45) is 0 Å². The van der Waals surface area contributed by atoms with Gasteiger partial charge in [-0.05, 0) is 42.5 Å². The molecule has 0 aliphatic carbocycles. The van der Waals surface area contributed by atoms with Gasteiger partial charge < -0.3 is 15.5 Å². The molecule has 1 aromatic carbocycles. The summed E-state index contributed by atoms with van der Waals surface area (Å²) in [5, 5.41) is 7.69. The molecule has 1 fully saturated rings. The van der Waals surface area contributed by atoms with Crippen molar-refractivity contribution in [1.29, 1.82) is 0 Å². The lowest BCUT2D eigenvalue weighted by Gasteiger charge is -2.37. The summed E-state index contributed by atoms with van der Waals surface area (Å²) >= 11 is 4.75. The van der Waals surface area contributed by atoms with Crippen LogP contribution in [0.1, 0.15) is 32.9 Å². The van der Waals surface area contributed by atoms with E-state index in [4.69, 9.17) is 0 Å². The lowest BCUT2D eigenvalue weighted by atomic mass is 9.96. The van der Waals surface area contributed by atoms with Gasteiger partial charge in [-0.2, -0.15) is 0 Å². The van der Waals surface area contributed by atoms with E-state index in [0.29, 0.717) is 35.5 Å². The fourth-order valence-corrected chi connectivity index (χ4v) is 4.41. The summed E-state index contributed by atoms with van der Waals surface area (Å²) in [7, 11) is 0. The van der Waals surface area contributed by atoms with E-state index in [2.05, 4.69) is 26.6 Å². The largest absolute Gasteiger partial charge is 0.348 e. The molecule has 26 heavy (non-hydrogen) atoms. The van der Waals surface area contributed by atoms with Crippen LogP contribution in [0.15, 0.2) is 40.2 Å². The minimum atomic E-state index is -0.587. The molecule has 1 aromatic heterocycles. The number of thiophene rings is 1. The number of hydrogen-bond acceptors (Lipinski definition) is 4. The SMILES string of the molecule is O=C(NC1CCN2C(=O)c3cc(Br)ccc3NC(=O)C2C1)c1cccs1. The minimum absolute atomic E-state index is 0.133. The molecule has 2 unspecified atom stereocenters.